The fraction of sp³-hybridized carbons (Fsp3) is 0.889. The maximum absolute atomic E-state index is 2.39. The van der Waals surface area contributed by atoms with E-state index in [0.717, 1.165) is 11.8 Å². The summed E-state index contributed by atoms with van der Waals surface area (Å²) in [6.45, 7) is 9.06. The van der Waals surface area contributed by atoms with Crippen LogP contribution in [0.3, 0.4) is 0 Å². The maximum Gasteiger partial charge on any atom is -0.0493 e. The van der Waals surface area contributed by atoms with Crippen LogP contribution >= 0.6 is 0 Å². The minimum absolute atomic E-state index is 0.815. The van der Waals surface area contributed by atoms with Gasteiger partial charge in [-0.15, -0.1) is 0 Å². The highest BCUT2D eigenvalue weighted by atomic mass is 14.1. The summed E-state index contributed by atoms with van der Waals surface area (Å²) in [5, 5.41) is 0. The Bertz CT molecular complexity index is 55.1. The largest absolute Gasteiger partial charge is 0.326 e. The van der Waals surface area contributed by atoms with Gasteiger partial charge < -0.3 is 6.42 Å². The zero-order valence-electron chi connectivity index (χ0n) is 7.15. The molecule has 1 atom stereocenters. The van der Waals surface area contributed by atoms with Crippen LogP contribution in [0.5, 0.6) is 0 Å². The van der Waals surface area contributed by atoms with E-state index in [1.54, 1.807) is 0 Å². The van der Waals surface area contributed by atoms with Gasteiger partial charge in [-0.3, -0.25) is 0 Å². The quantitative estimate of drug-likeness (QED) is 0.508. The van der Waals surface area contributed by atoms with Crippen molar-refractivity contribution in [3.8, 4) is 0 Å². The van der Waals surface area contributed by atoms with Gasteiger partial charge in [-0.05, 0) is 5.92 Å². The highest BCUT2D eigenvalue weighted by Crippen LogP contribution is 2.14. The summed E-state index contributed by atoms with van der Waals surface area (Å²) in [6.07, 6.45) is 4.95. The summed E-state index contributed by atoms with van der Waals surface area (Å²) < 4.78 is 0. The first kappa shape index (κ1) is 9.00. The second-order valence-electron chi connectivity index (χ2n) is 3.25. The first-order valence-corrected chi connectivity index (χ1v) is 4.00. The monoisotopic (exact) mass is 127 g/mol. The van der Waals surface area contributed by atoms with Gasteiger partial charge in [0.1, 0.15) is 0 Å². The zero-order chi connectivity index (χ0) is 7.28. The number of hydrogen-bond donors (Lipinski definition) is 0. The second-order valence-corrected chi connectivity index (χ2v) is 3.25. The molecule has 0 saturated carbocycles. The number of rotatable bonds is 4. The molecule has 0 aliphatic carbocycles. The molecule has 0 saturated heterocycles. The SMILES string of the molecule is CC[CH-]C(C)CC(C)C. The lowest BCUT2D eigenvalue weighted by molar-refractivity contribution is 0.474. The molecule has 0 N–H and O–H groups in total. The van der Waals surface area contributed by atoms with Gasteiger partial charge in [-0.2, -0.15) is 12.3 Å². The molecule has 56 valence electrons. The first-order chi connectivity index (χ1) is 4.16. The van der Waals surface area contributed by atoms with Crippen molar-refractivity contribution in [3.63, 3.8) is 0 Å². The summed E-state index contributed by atoms with van der Waals surface area (Å²) in [5.41, 5.74) is 0. The molecule has 0 aromatic carbocycles. The molecule has 0 spiro atoms. The van der Waals surface area contributed by atoms with E-state index in [0.29, 0.717) is 0 Å². The van der Waals surface area contributed by atoms with Gasteiger partial charge in [0, 0.05) is 0 Å². The van der Waals surface area contributed by atoms with E-state index in [4.69, 9.17) is 0 Å². The smallest absolute Gasteiger partial charge is 0.0493 e. The normalized spacial score (nSPS) is 14.3. The summed E-state index contributed by atoms with van der Waals surface area (Å²) in [7, 11) is 0. The molecule has 1 unspecified atom stereocenters. The van der Waals surface area contributed by atoms with E-state index >= 15 is 0 Å². The molecule has 0 aliphatic heterocycles. The lowest BCUT2D eigenvalue weighted by atomic mass is 9.95. The van der Waals surface area contributed by atoms with Crippen molar-refractivity contribution in [1.82, 2.24) is 0 Å². The predicted octanol–water partition coefficient (Wildman–Crippen LogP) is 3.28. The van der Waals surface area contributed by atoms with Gasteiger partial charge in [0.05, 0.1) is 0 Å². The molecule has 0 heterocycles. The molecular formula is C9H19-. The van der Waals surface area contributed by atoms with Gasteiger partial charge in [-0.1, -0.05) is 34.1 Å². The Labute approximate surface area is 59.7 Å². The van der Waals surface area contributed by atoms with Crippen LogP contribution in [0.4, 0.5) is 0 Å². The van der Waals surface area contributed by atoms with Gasteiger partial charge in [0.25, 0.3) is 0 Å². The summed E-state index contributed by atoms with van der Waals surface area (Å²) in [5.74, 6) is 1.66. The van der Waals surface area contributed by atoms with Crippen molar-refractivity contribution in [2.45, 2.75) is 40.5 Å². The molecule has 9 heavy (non-hydrogen) atoms. The van der Waals surface area contributed by atoms with Gasteiger partial charge in [0.15, 0.2) is 0 Å². The molecule has 0 aliphatic rings. The molecule has 0 rings (SSSR count). The average Bonchev–Trinajstić information content (AvgIpc) is 1.63. The third-order valence-electron chi connectivity index (χ3n) is 1.48. The van der Waals surface area contributed by atoms with Crippen LogP contribution in [0, 0.1) is 18.3 Å². The predicted molar refractivity (Wildman–Crippen MR) is 43.2 cm³/mol. The van der Waals surface area contributed by atoms with Crippen molar-refractivity contribution < 1.29 is 0 Å². The Balaban J connectivity index is 3.15. The molecule has 0 nitrogen and oxygen atoms in total. The zero-order valence-corrected chi connectivity index (χ0v) is 7.15. The standard InChI is InChI=1S/C9H19/c1-5-6-9(4)7-8(2)3/h6,8-9H,5,7H2,1-4H3/q-1. The molecule has 0 radical (unpaired) electrons. The Morgan fingerprint density at radius 1 is 1.22 bits per heavy atom. The first-order valence-electron chi connectivity index (χ1n) is 4.00. The Hall–Kier alpha value is 0. The fourth-order valence-electron chi connectivity index (χ4n) is 1.24. The molecular weight excluding hydrogens is 108 g/mol. The highest BCUT2D eigenvalue weighted by Gasteiger charge is 1.94. The van der Waals surface area contributed by atoms with Crippen LogP contribution in [0.1, 0.15) is 40.5 Å². The summed E-state index contributed by atoms with van der Waals surface area (Å²) >= 11 is 0. The maximum atomic E-state index is 2.39. The van der Waals surface area contributed by atoms with Crippen molar-refractivity contribution in [1.29, 1.82) is 0 Å². The Kier molecular flexibility index (Phi) is 4.84. The van der Waals surface area contributed by atoms with Crippen molar-refractivity contribution >= 4 is 0 Å². The Morgan fingerprint density at radius 3 is 2.11 bits per heavy atom. The third kappa shape index (κ3) is 5.88. The summed E-state index contributed by atoms with van der Waals surface area (Å²) in [6, 6.07) is 0. The van der Waals surface area contributed by atoms with E-state index < -0.39 is 0 Å². The van der Waals surface area contributed by atoms with Gasteiger partial charge in [-0.25, -0.2) is 0 Å². The van der Waals surface area contributed by atoms with E-state index in [1.807, 2.05) is 0 Å². The average molecular weight is 127 g/mol. The minimum atomic E-state index is 0.815. The van der Waals surface area contributed by atoms with Crippen LogP contribution in [-0.4, -0.2) is 0 Å². The van der Waals surface area contributed by atoms with Crippen molar-refractivity contribution in [2.75, 3.05) is 0 Å². The van der Waals surface area contributed by atoms with Gasteiger partial charge in [0.2, 0.25) is 0 Å². The lowest BCUT2D eigenvalue weighted by Gasteiger charge is -2.21. The van der Waals surface area contributed by atoms with E-state index in [1.165, 1.54) is 12.8 Å². The van der Waals surface area contributed by atoms with Crippen LogP contribution in [0.2, 0.25) is 0 Å². The molecule has 0 aromatic rings. The highest BCUT2D eigenvalue weighted by molar-refractivity contribution is 4.71. The van der Waals surface area contributed by atoms with E-state index in [2.05, 4.69) is 34.1 Å². The van der Waals surface area contributed by atoms with Crippen molar-refractivity contribution in [2.24, 2.45) is 11.8 Å². The molecule has 0 bridgehead atoms. The lowest BCUT2D eigenvalue weighted by Crippen LogP contribution is -1.99. The van der Waals surface area contributed by atoms with Crippen LogP contribution < -0.4 is 0 Å². The topological polar surface area (TPSA) is 0 Å². The Morgan fingerprint density at radius 2 is 1.78 bits per heavy atom. The van der Waals surface area contributed by atoms with Gasteiger partial charge >= 0.3 is 0 Å². The molecule has 0 fully saturated rings. The molecule has 0 aromatic heterocycles. The van der Waals surface area contributed by atoms with E-state index in [-0.39, 0.29) is 0 Å². The second kappa shape index (κ2) is 4.84. The van der Waals surface area contributed by atoms with Crippen LogP contribution in [0.25, 0.3) is 0 Å². The number of hydrogen-bond acceptors (Lipinski definition) is 0. The third-order valence-corrected chi connectivity index (χ3v) is 1.48. The summed E-state index contributed by atoms with van der Waals surface area (Å²) in [4.78, 5) is 0. The fourth-order valence-corrected chi connectivity index (χ4v) is 1.24. The van der Waals surface area contributed by atoms with Crippen molar-refractivity contribution in [3.05, 3.63) is 6.42 Å². The molecule has 0 amide bonds. The van der Waals surface area contributed by atoms with Crippen LogP contribution in [0.15, 0.2) is 0 Å². The van der Waals surface area contributed by atoms with E-state index in [9.17, 15) is 0 Å². The minimum Gasteiger partial charge on any atom is -0.326 e. The van der Waals surface area contributed by atoms with Crippen LogP contribution in [-0.2, 0) is 0 Å². The molecule has 0 heteroatoms.